The van der Waals surface area contributed by atoms with Crippen molar-refractivity contribution in [3.63, 3.8) is 0 Å². The second kappa shape index (κ2) is 6.37. The quantitative estimate of drug-likeness (QED) is 0.355. The van der Waals surface area contributed by atoms with Gasteiger partial charge in [0.15, 0.2) is 0 Å². The maximum Gasteiger partial charge on any atom is 0.326 e. The van der Waals surface area contributed by atoms with Gasteiger partial charge < -0.3 is 4.74 Å². The van der Waals surface area contributed by atoms with E-state index in [4.69, 9.17) is 4.74 Å². The molecule has 0 radical (unpaired) electrons. The number of carbonyl (C=O) groups is 1. The van der Waals surface area contributed by atoms with E-state index in [9.17, 15) is 19.1 Å². The molecule has 1 heterocycles. The lowest BCUT2D eigenvalue weighted by molar-refractivity contribution is -0.384. The predicted molar refractivity (Wildman–Crippen MR) is 86.0 cm³/mol. The number of hydrogen-bond donors (Lipinski definition) is 0. The molecule has 0 saturated carbocycles. The zero-order valence-electron chi connectivity index (χ0n) is 13.5. The highest BCUT2D eigenvalue weighted by atomic mass is 32.2. The number of esters is 1. The summed E-state index contributed by atoms with van der Waals surface area (Å²) in [5.74, 6) is -0.423. The highest BCUT2D eigenvalue weighted by Gasteiger charge is 2.59. The van der Waals surface area contributed by atoms with Crippen LogP contribution in [0, 0.1) is 10.1 Å². The normalized spacial score (nSPS) is 24.8. The third-order valence-corrected chi connectivity index (χ3v) is 5.33. The molecule has 1 fully saturated rings. The lowest BCUT2D eigenvalue weighted by atomic mass is 10.1. The van der Waals surface area contributed by atoms with E-state index < -0.39 is 32.7 Å². The Morgan fingerprint density at radius 2 is 1.91 bits per heavy atom. The van der Waals surface area contributed by atoms with E-state index in [1.165, 1.54) is 12.1 Å². The number of carbonyl (C=O) groups excluding carboxylic acids is 1. The van der Waals surface area contributed by atoms with Crippen molar-refractivity contribution in [2.45, 2.75) is 44.5 Å². The molecule has 0 spiro atoms. The first kappa shape index (κ1) is 17.6. The monoisotopic (exact) mass is 340 g/mol. The summed E-state index contributed by atoms with van der Waals surface area (Å²) in [5.41, 5.74) is 0.692. The fourth-order valence-corrected chi connectivity index (χ4v) is 3.75. The van der Waals surface area contributed by atoms with Crippen molar-refractivity contribution in [1.29, 1.82) is 0 Å². The number of nitro benzene ring substituents is 1. The topological polar surface area (TPSA) is 89.5 Å². The zero-order valence-corrected chi connectivity index (χ0v) is 14.3. The average Bonchev–Trinajstić information content (AvgIpc) is 3.21. The van der Waals surface area contributed by atoms with E-state index in [2.05, 4.69) is 0 Å². The molecule has 7 nitrogen and oxygen atoms in total. The summed E-state index contributed by atoms with van der Waals surface area (Å²) < 4.78 is 18.8. The maximum absolute atomic E-state index is 12.6. The van der Waals surface area contributed by atoms with Crippen LogP contribution in [0.5, 0.6) is 0 Å². The molecule has 0 amide bonds. The van der Waals surface area contributed by atoms with Gasteiger partial charge in [0.2, 0.25) is 0 Å². The molecule has 4 atom stereocenters. The largest absolute Gasteiger partial charge is 0.465 e. The van der Waals surface area contributed by atoms with Crippen LogP contribution in [0.15, 0.2) is 24.3 Å². The van der Waals surface area contributed by atoms with Crippen molar-refractivity contribution in [3.05, 3.63) is 39.9 Å². The van der Waals surface area contributed by atoms with Gasteiger partial charge in [-0.15, -0.1) is 0 Å². The first-order valence-electron chi connectivity index (χ1n) is 7.29. The van der Waals surface area contributed by atoms with Crippen LogP contribution in [-0.2, 0) is 20.5 Å². The van der Waals surface area contributed by atoms with E-state index in [1.54, 1.807) is 23.4 Å². The molecular formula is C15H20N2O5S. The van der Waals surface area contributed by atoms with Crippen LogP contribution in [0.2, 0.25) is 0 Å². The van der Waals surface area contributed by atoms with Crippen molar-refractivity contribution >= 4 is 22.6 Å². The number of non-ortho nitro benzene ring substituents is 1. The third kappa shape index (κ3) is 3.59. The minimum atomic E-state index is -1.38. The molecule has 1 aliphatic rings. The Labute approximate surface area is 137 Å². The SMILES string of the molecule is CCOC(=O)[C@@H]1[C@H](c2ccc([N+](=O)[O-])cc2)N1[S@@](=O)C(C)(C)C. The van der Waals surface area contributed by atoms with E-state index in [-0.39, 0.29) is 18.3 Å². The lowest BCUT2D eigenvalue weighted by Crippen LogP contribution is -2.30. The highest BCUT2D eigenvalue weighted by molar-refractivity contribution is 7.84. The number of hydrogen-bond acceptors (Lipinski definition) is 5. The van der Waals surface area contributed by atoms with Crippen molar-refractivity contribution in [2.75, 3.05) is 6.61 Å². The Balaban J connectivity index is 2.28. The average molecular weight is 340 g/mol. The van der Waals surface area contributed by atoms with Crippen LogP contribution < -0.4 is 0 Å². The summed E-state index contributed by atoms with van der Waals surface area (Å²) in [6, 6.07) is 4.96. The second-order valence-corrected chi connectivity index (χ2v) is 8.36. The Kier molecular flexibility index (Phi) is 4.86. The molecule has 1 unspecified atom stereocenters. The Morgan fingerprint density at radius 1 is 1.35 bits per heavy atom. The van der Waals surface area contributed by atoms with E-state index in [1.807, 2.05) is 20.8 Å². The van der Waals surface area contributed by atoms with Gasteiger partial charge in [0, 0.05) is 12.1 Å². The first-order valence-corrected chi connectivity index (χ1v) is 8.40. The van der Waals surface area contributed by atoms with Crippen molar-refractivity contribution < 1.29 is 18.7 Å². The predicted octanol–water partition coefficient (Wildman–Crippen LogP) is 2.35. The van der Waals surface area contributed by atoms with Gasteiger partial charge in [0.25, 0.3) is 5.69 Å². The van der Waals surface area contributed by atoms with Gasteiger partial charge in [-0.2, -0.15) is 4.31 Å². The first-order chi connectivity index (χ1) is 10.7. The lowest BCUT2D eigenvalue weighted by Gasteiger charge is -2.18. The number of rotatable bonds is 5. The molecule has 0 N–H and O–H groups in total. The zero-order chi connectivity index (χ0) is 17.4. The molecule has 0 aromatic heterocycles. The van der Waals surface area contributed by atoms with Gasteiger partial charge in [-0.05, 0) is 33.3 Å². The Morgan fingerprint density at radius 3 is 2.35 bits per heavy atom. The molecule has 1 aromatic carbocycles. The summed E-state index contributed by atoms with van der Waals surface area (Å²) in [4.78, 5) is 22.3. The Hall–Kier alpha value is -1.80. The molecule has 23 heavy (non-hydrogen) atoms. The maximum atomic E-state index is 12.6. The highest BCUT2D eigenvalue weighted by Crippen LogP contribution is 2.47. The van der Waals surface area contributed by atoms with Crippen LogP contribution >= 0.6 is 0 Å². The molecule has 0 aliphatic carbocycles. The third-order valence-electron chi connectivity index (χ3n) is 3.45. The summed E-state index contributed by atoms with van der Waals surface area (Å²) in [6.45, 7) is 7.45. The summed E-state index contributed by atoms with van der Waals surface area (Å²) in [6.07, 6.45) is 0. The molecule has 8 heteroatoms. The number of nitrogens with zero attached hydrogens (tertiary/aromatic N) is 2. The smallest absolute Gasteiger partial charge is 0.326 e. The molecule has 2 rings (SSSR count). The van der Waals surface area contributed by atoms with Gasteiger partial charge in [0.05, 0.1) is 22.3 Å². The summed E-state index contributed by atoms with van der Waals surface area (Å²) >= 11 is 0. The van der Waals surface area contributed by atoms with Crippen LogP contribution in [-0.4, -0.2) is 36.8 Å². The number of benzene rings is 1. The van der Waals surface area contributed by atoms with Crippen molar-refractivity contribution in [2.24, 2.45) is 0 Å². The minimum absolute atomic E-state index is 0.0226. The molecule has 1 aromatic rings. The number of nitro groups is 1. The van der Waals surface area contributed by atoms with E-state index >= 15 is 0 Å². The molecule has 0 bridgehead atoms. The van der Waals surface area contributed by atoms with Crippen molar-refractivity contribution in [3.8, 4) is 0 Å². The second-order valence-electron chi connectivity index (χ2n) is 6.21. The van der Waals surface area contributed by atoms with E-state index in [0.29, 0.717) is 5.56 Å². The fraction of sp³-hybridized carbons (Fsp3) is 0.533. The summed E-state index contributed by atoms with van der Waals surface area (Å²) in [5, 5.41) is 10.7. The van der Waals surface area contributed by atoms with Crippen LogP contribution in [0.4, 0.5) is 5.69 Å². The number of ether oxygens (including phenoxy) is 1. The molecule has 126 valence electrons. The minimum Gasteiger partial charge on any atom is -0.465 e. The van der Waals surface area contributed by atoms with Crippen LogP contribution in [0.25, 0.3) is 0 Å². The van der Waals surface area contributed by atoms with Gasteiger partial charge in [0.1, 0.15) is 17.0 Å². The van der Waals surface area contributed by atoms with Gasteiger partial charge in [-0.1, -0.05) is 12.1 Å². The Bertz CT molecular complexity index is 638. The van der Waals surface area contributed by atoms with Crippen molar-refractivity contribution in [1.82, 2.24) is 4.31 Å². The van der Waals surface area contributed by atoms with Gasteiger partial charge >= 0.3 is 5.97 Å². The van der Waals surface area contributed by atoms with Crippen LogP contribution in [0.3, 0.4) is 0 Å². The van der Waals surface area contributed by atoms with E-state index in [0.717, 1.165) is 0 Å². The molecule has 1 saturated heterocycles. The van der Waals surface area contributed by atoms with Crippen LogP contribution in [0.1, 0.15) is 39.3 Å². The molecule has 1 aliphatic heterocycles. The standard InChI is InChI=1S/C15H20N2O5S/c1-5-22-14(18)13-12(16(13)23(21)15(2,3)4)10-6-8-11(9-7-10)17(19)20/h6-9,12-13H,5H2,1-4H3/t12-,13-,16?,23-/m0/s1. The molecular weight excluding hydrogens is 320 g/mol. The fourth-order valence-electron chi connectivity index (χ4n) is 2.32. The summed E-state index contributed by atoms with van der Waals surface area (Å²) in [7, 11) is -1.38. The van der Waals surface area contributed by atoms with Gasteiger partial charge in [-0.25, -0.2) is 4.21 Å². The van der Waals surface area contributed by atoms with Gasteiger partial charge in [-0.3, -0.25) is 14.9 Å².